The first-order valence-electron chi connectivity index (χ1n) is 3.64. The Kier molecular flexibility index (Phi) is 2.62. The summed E-state index contributed by atoms with van der Waals surface area (Å²) in [5, 5.41) is 17.3. The molecule has 0 aliphatic heterocycles. The van der Waals surface area contributed by atoms with Crippen molar-refractivity contribution in [3.63, 3.8) is 0 Å². The van der Waals surface area contributed by atoms with Crippen LogP contribution in [0, 0.1) is 11.3 Å². The number of hydrogen-bond donors (Lipinski definition) is 2. The normalized spacial score (nSPS) is 11.7. The van der Waals surface area contributed by atoms with Crippen molar-refractivity contribution in [2.75, 3.05) is 0 Å². The van der Waals surface area contributed by atoms with Gasteiger partial charge in [0.05, 0.1) is 11.6 Å². The van der Waals surface area contributed by atoms with Crippen LogP contribution in [0.1, 0.15) is 22.0 Å². The summed E-state index contributed by atoms with van der Waals surface area (Å²) in [6.07, 6.45) is 0. The molecule has 0 unspecified atom stereocenters. The minimum absolute atomic E-state index is 0.0801. The Morgan fingerprint density at radius 1 is 1.54 bits per heavy atom. The van der Waals surface area contributed by atoms with Crippen LogP contribution in [-0.2, 0) is 0 Å². The van der Waals surface area contributed by atoms with Crippen molar-refractivity contribution in [3.05, 3.63) is 35.4 Å². The van der Waals surface area contributed by atoms with Gasteiger partial charge in [0.1, 0.15) is 6.04 Å². The Morgan fingerprint density at radius 3 is 2.69 bits per heavy atom. The maximum atomic E-state index is 10.7. The van der Waals surface area contributed by atoms with Gasteiger partial charge in [0.15, 0.2) is 0 Å². The molecule has 1 aromatic carbocycles. The van der Waals surface area contributed by atoms with Gasteiger partial charge < -0.3 is 10.8 Å². The van der Waals surface area contributed by atoms with E-state index in [1.165, 1.54) is 12.1 Å². The molecule has 0 spiro atoms. The van der Waals surface area contributed by atoms with Crippen molar-refractivity contribution < 1.29 is 9.90 Å². The molecule has 0 aliphatic carbocycles. The van der Waals surface area contributed by atoms with E-state index in [1.54, 1.807) is 18.2 Å². The molecule has 0 radical (unpaired) electrons. The monoisotopic (exact) mass is 176 g/mol. The molecule has 13 heavy (non-hydrogen) atoms. The van der Waals surface area contributed by atoms with Crippen LogP contribution in [0.2, 0.25) is 0 Å². The lowest BCUT2D eigenvalue weighted by atomic mass is 10.0. The van der Waals surface area contributed by atoms with Crippen LogP contribution in [0.5, 0.6) is 0 Å². The molecule has 0 saturated heterocycles. The summed E-state index contributed by atoms with van der Waals surface area (Å²) < 4.78 is 0. The average molecular weight is 176 g/mol. The fraction of sp³-hybridized carbons (Fsp3) is 0.111. The molecule has 0 fully saturated rings. The first kappa shape index (κ1) is 9.23. The third-order valence-corrected chi connectivity index (χ3v) is 1.67. The molecule has 0 amide bonds. The number of benzene rings is 1. The van der Waals surface area contributed by atoms with Crippen LogP contribution >= 0.6 is 0 Å². The summed E-state index contributed by atoms with van der Waals surface area (Å²) in [5.41, 5.74) is 5.83. The fourth-order valence-electron chi connectivity index (χ4n) is 1.03. The van der Waals surface area contributed by atoms with Crippen LogP contribution in [0.3, 0.4) is 0 Å². The Bertz CT molecular complexity index is 368. The zero-order valence-corrected chi connectivity index (χ0v) is 6.77. The van der Waals surface area contributed by atoms with Gasteiger partial charge in [-0.05, 0) is 11.6 Å². The Hall–Kier alpha value is -1.86. The first-order valence-corrected chi connectivity index (χ1v) is 3.64. The van der Waals surface area contributed by atoms with Gasteiger partial charge in [0.25, 0.3) is 0 Å². The largest absolute Gasteiger partial charge is 0.478 e. The smallest absolute Gasteiger partial charge is 0.336 e. The van der Waals surface area contributed by atoms with E-state index in [-0.39, 0.29) is 5.56 Å². The molecule has 1 rings (SSSR count). The summed E-state index contributed by atoms with van der Waals surface area (Å²) in [7, 11) is 0. The summed E-state index contributed by atoms with van der Waals surface area (Å²) in [4.78, 5) is 10.7. The molecule has 0 aromatic heterocycles. The first-order chi connectivity index (χ1) is 6.16. The van der Waals surface area contributed by atoms with Gasteiger partial charge in [-0.3, -0.25) is 0 Å². The van der Waals surface area contributed by atoms with Gasteiger partial charge in [-0.1, -0.05) is 18.2 Å². The predicted molar refractivity (Wildman–Crippen MR) is 45.9 cm³/mol. The quantitative estimate of drug-likeness (QED) is 0.701. The molecular formula is C9H8N2O2. The number of carbonyl (C=O) groups is 1. The summed E-state index contributed by atoms with van der Waals surface area (Å²) >= 11 is 0. The van der Waals surface area contributed by atoms with E-state index in [2.05, 4.69) is 0 Å². The Morgan fingerprint density at radius 2 is 2.15 bits per heavy atom. The van der Waals surface area contributed by atoms with Crippen LogP contribution in [-0.4, -0.2) is 11.1 Å². The lowest BCUT2D eigenvalue weighted by molar-refractivity contribution is 0.0695. The molecule has 0 heterocycles. The minimum Gasteiger partial charge on any atom is -0.478 e. The summed E-state index contributed by atoms with van der Waals surface area (Å²) in [6, 6.07) is 7.12. The highest BCUT2D eigenvalue weighted by Gasteiger charge is 2.13. The topological polar surface area (TPSA) is 87.1 Å². The highest BCUT2D eigenvalue weighted by Crippen LogP contribution is 2.15. The van der Waals surface area contributed by atoms with Crippen molar-refractivity contribution in [2.45, 2.75) is 6.04 Å². The predicted octanol–water partition coefficient (Wildman–Crippen LogP) is 0.908. The maximum absolute atomic E-state index is 10.7. The Labute approximate surface area is 75.2 Å². The number of carboxylic acid groups (broad SMARTS) is 1. The molecule has 4 heteroatoms. The molecule has 0 saturated carbocycles. The zero-order valence-electron chi connectivity index (χ0n) is 6.77. The average Bonchev–Trinajstić information content (AvgIpc) is 2.16. The summed E-state index contributed by atoms with van der Waals surface area (Å²) in [5.74, 6) is -1.07. The molecule has 1 aromatic rings. The number of aromatic carboxylic acids is 1. The van der Waals surface area contributed by atoms with E-state index in [1.807, 2.05) is 0 Å². The SMILES string of the molecule is N#C[C@H](N)c1ccccc1C(=O)O. The second-order valence-corrected chi connectivity index (χ2v) is 2.50. The lowest BCUT2D eigenvalue weighted by Crippen LogP contribution is -2.12. The molecule has 0 bridgehead atoms. The lowest BCUT2D eigenvalue weighted by Gasteiger charge is -2.06. The van der Waals surface area contributed by atoms with Crippen molar-refractivity contribution in [1.29, 1.82) is 5.26 Å². The van der Waals surface area contributed by atoms with Gasteiger partial charge in [-0.15, -0.1) is 0 Å². The van der Waals surface area contributed by atoms with E-state index in [9.17, 15) is 4.79 Å². The maximum Gasteiger partial charge on any atom is 0.336 e. The van der Waals surface area contributed by atoms with Crippen LogP contribution in [0.15, 0.2) is 24.3 Å². The second kappa shape index (κ2) is 3.70. The van der Waals surface area contributed by atoms with E-state index < -0.39 is 12.0 Å². The van der Waals surface area contributed by atoms with Gasteiger partial charge >= 0.3 is 5.97 Å². The number of rotatable bonds is 2. The second-order valence-electron chi connectivity index (χ2n) is 2.50. The molecule has 3 N–H and O–H groups in total. The highest BCUT2D eigenvalue weighted by atomic mass is 16.4. The van der Waals surface area contributed by atoms with Crippen molar-refractivity contribution in [3.8, 4) is 6.07 Å². The van der Waals surface area contributed by atoms with E-state index >= 15 is 0 Å². The highest BCUT2D eigenvalue weighted by molar-refractivity contribution is 5.89. The van der Waals surface area contributed by atoms with Crippen LogP contribution < -0.4 is 5.73 Å². The number of carboxylic acids is 1. The van der Waals surface area contributed by atoms with Crippen molar-refractivity contribution in [1.82, 2.24) is 0 Å². The molecule has 4 nitrogen and oxygen atoms in total. The number of nitrogens with zero attached hydrogens (tertiary/aromatic N) is 1. The van der Waals surface area contributed by atoms with Gasteiger partial charge in [0.2, 0.25) is 0 Å². The molecular weight excluding hydrogens is 168 g/mol. The molecule has 1 atom stereocenters. The number of hydrogen-bond acceptors (Lipinski definition) is 3. The number of nitriles is 1. The zero-order chi connectivity index (χ0) is 9.84. The van der Waals surface area contributed by atoms with Crippen LogP contribution in [0.25, 0.3) is 0 Å². The van der Waals surface area contributed by atoms with Crippen molar-refractivity contribution in [2.24, 2.45) is 5.73 Å². The molecule has 0 aliphatic rings. The van der Waals surface area contributed by atoms with Crippen molar-refractivity contribution >= 4 is 5.97 Å². The third kappa shape index (κ3) is 1.83. The van der Waals surface area contributed by atoms with Gasteiger partial charge in [-0.25, -0.2) is 4.79 Å². The third-order valence-electron chi connectivity index (χ3n) is 1.67. The van der Waals surface area contributed by atoms with E-state index in [0.29, 0.717) is 5.56 Å². The van der Waals surface area contributed by atoms with E-state index in [4.69, 9.17) is 16.1 Å². The Balaban J connectivity index is 3.21. The minimum atomic E-state index is -1.07. The van der Waals surface area contributed by atoms with Gasteiger partial charge in [0, 0.05) is 0 Å². The standard InChI is InChI=1S/C9H8N2O2/c10-5-8(11)6-3-1-2-4-7(6)9(12)13/h1-4,8H,11H2,(H,12,13)/t8-/m0/s1. The number of nitrogens with two attached hydrogens (primary N) is 1. The summed E-state index contributed by atoms with van der Waals surface area (Å²) in [6.45, 7) is 0. The fourth-order valence-corrected chi connectivity index (χ4v) is 1.03. The van der Waals surface area contributed by atoms with Crippen LogP contribution in [0.4, 0.5) is 0 Å². The van der Waals surface area contributed by atoms with Gasteiger partial charge in [-0.2, -0.15) is 5.26 Å². The van der Waals surface area contributed by atoms with E-state index in [0.717, 1.165) is 0 Å². The molecule has 66 valence electrons.